The van der Waals surface area contributed by atoms with E-state index in [0.29, 0.717) is 6.42 Å². The molecule has 0 radical (unpaired) electrons. The van der Waals surface area contributed by atoms with Gasteiger partial charge < -0.3 is 15.7 Å². The Labute approximate surface area is 125 Å². The summed E-state index contributed by atoms with van der Waals surface area (Å²) in [7, 11) is 0. The van der Waals surface area contributed by atoms with Crippen molar-refractivity contribution < 1.29 is 14.7 Å². The van der Waals surface area contributed by atoms with E-state index in [-0.39, 0.29) is 30.4 Å². The summed E-state index contributed by atoms with van der Waals surface area (Å²) in [4.78, 5) is 23.5. The standard InChI is InChI=1S/C16H24N2O3/c1-16(2,3)9-14(20)17-10-15(21)18-13(11-19)12-7-5-4-6-8-12/h4-8,13,19H,9-11H2,1-3H3,(H,17,20)(H,18,21). The third-order valence-corrected chi connectivity index (χ3v) is 2.86. The maximum absolute atomic E-state index is 11.8. The molecule has 116 valence electrons. The zero-order chi connectivity index (χ0) is 15.9. The second-order valence-electron chi connectivity index (χ2n) is 6.23. The molecule has 3 N–H and O–H groups in total. The number of carbonyl (C=O) groups excluding carboxylic acids is 2. The van der Waals surface area contributed by atoms with Crippen LogP contribution in [0.4, 0.5) is 0 Å². The Balaban J connectivity index is 2.44. The van der Waals surface area contributed by atoms with Crippen LogP contribution in [0.5, 0.6) is 0 Å². The fourth-order valence-corrected chi connectivity index (χ4v) is 1.89. The number of rotatable bonds is 6. The number of hydrogen-bond acceptors (Lipinski definition) is 3. The number of amides is 2. The predicted octanol–water partition coefficient (Wildman–Crippen LogP) is 1.39. The van der Waals surface area contributed by atoms with Gasteiger partial charge in [0.25, 0.3) is 0 Å². The third kappa shape index (κ3) is 6.90. The smallest absolute Gasteiger partial charge is 0.239 e. The number of aliphatic hydroxyl groups excluding tert-OH is 1. The van der Waals surface area contributed by atoms with Gasteiger partial charge in [0.15, 0.2) is 0 Å². The topological polar surface area (TPSA) is 78.4 Å². The zero-order valence-electron chi connectivity index (χ0n) is 12.8. The molecule has 0 aliphatic rings. The molecule has 21 heavy (non-hydrogen) atoms. The summed E-state index contributed by atoms with van der Waals surface area (Å²) < 4.78 is 0. The number of benzene rings is 1. The largest absolute Gasteiger partial charge is 0.394 e. The molecular formula is C16H24N2O3. The first-order chi connectivity index (χ1) is 9.81. The highest BCUT2D eigenvalue weighted by Gasteiger charge is 2.17. The lowest BCUT2D eigenvalue weighted by atomic mass is 9.92. The lowest BCUT2D eigenvalue weighted by molar-refractivity contribution is -0.127. The van der Waals surface area contributed by atoms with Crippen LogP contribution in [0.2, 0.25) is 0 Å². The van der Waals surface area contributed by atoms with E-state index >= 15 is 0 Å². The van der Waals surface area contributed by atoms with Crippen LogP contribution < -0.4 is 10.6 Å². The molecule has 1 rings (SSSR count). The first-order valence-electron chi connectivity index (χ1n) is 7.03. The molecule has 0 spiro atoms. The normalized spacial score (nSPS) is 12.6. The fourth-order valence-electron chi connectivity index (χ4n) is 1.89. The minimum absolute atomic E-state index is 0.0851. The number of hydrogen-bond donors (Lipinski definition) is 3. The average Bonchev–Trinajstić information content (AvgIpc) is 2.41. The lowest BCUT2D eigenvalue weighted by Gasteiger charge is -2.19. The Morgan fingerprint density at radius 2 is 1.76 bits per heavy atom. The SMILES string of the molecule is CC(C)(C)CC(=O)NCC(=O)NC(CO)c1ccccc1. The molecule has 0 heterocycles. The van der Waals surface area contributed by atoms with Crippen LogP contribution in [-0.4, -0.2) is 30.1 Å². The fraction of sp³-hybridized carbons (Fsp3) is 0.500. The summed E-state index contributed by atoms with van der Waals surface area (Å²) in [6.07, 6.45) is 0.363. The molecule has 0 saturated heterocycles. The highest BCUT2D eigenvalue weighted by Crippen LogP contribution is 2.17. The third-order valence-electron chi connectivity index (χ3n) is 2.86. The van der Waals surface area contributed by atoms with Crippen molar-refractivity contribution >= 4 is 11.8 Å². The van der Waals surface area contributed by atoms with Gasteiger partial charge in [-0.15, -0.1) is 0 Å². The summed E-state index contributed by atoms with van der Waals surface area (Å²) >= 11 is 0. The predicted molar refractivity (Wildman–Crippen MR) is 81.5 cm³/mol. The Morgan fingerprint density at radius 1 is 1.14 bits per heavy atom. The highest BCUT2D eigenvalue weighted by molar-refractivity contribution is 5.85. The summed E-state index contributed by atoms with van der Waals surface area (Å²) in [6.45, 7) is 5.61. The van der Waals surface area contributed by atoms with Crippen molar-refractivity contribution in [3.05, 3.63) is 35.9 Å². The van der Waals surface area contributed by atoms with Crippen LogP contribution in [0.15, 0.2) is 30.3 Å². The van der Waals surface area contributed by atoms with E-state index in [1.807, 2.05) is 51.1 Å². The minimum Gasteiger partial charge on any atom is -0.394 e. The summed E-state index contributed by atoms with van der Waals surface area (Å²) in [5.74, 6) is -0.474. The molecule has 0 aliphatic heterocycles. The van der Waals surface area contributed by atoms with Crippen molar-refractivity contribution in [2.45, 2.75) is 33.2 Å². The molecule has 0 fully saturated rings. The number of aliphatic hydroxyl groups is 1. The van der Waals surface area contributed by atoms with Crippen LogP contribution in [0.25, 0.3) is 0 Å². The Morgan fingerprint density at radius 3 is 2.29 bits per heavy atom. The van der Waals surface area contributed by atoms with Crippen LogP contribution in [0.3, 0.4) is 0 Å². The molecule has 1 aromatic carbocycles. The van der Waals surface area contributed by atoms with Crippen LogP contribution in [0, 0.1) is 5.41 Å². The molecule has 1 atom stereocenters. The average molecular weight is 292 g/mol. The van der Waals surface area contributed by atoms with Crippen molar-refractivity contribution in [3.8, 4) is 0 Å². The second kappa shape index (κ2) is 7.78. The Bertz CT molecular complexity index is 466. The van der Waals surface area contributed by atoms with E-state index in [1.54, 1.807) is 0 Å². The van der Waals surface area contributed by atoms with Crippen LogP contribution in [0.1, 0.15) is 38.8 Å². The molecule has 2 amide bonds. The number of nitrogens with one attached hydrogen (secondary N) is 2. The van der Waals surface area contributed by atoms with Gasteiger partial charge in [-0.25, -0.2) is 0 Å². The molecule has 0 bridgehead atoms. The van der Waals surface area contributed by atoms with E-state index in [1.165, 1.54) is 0 Å². The maximum atomic E-state index is 11.8. The molecule has 5 heteroatoms. The zero-order valence-corrected chi connectivity index (χ0v) is 12.8. The van der Waals surface area contributed by atoms with Gasteiger partial charge >= 0.3 is 0 Å². The van der Waals surface area contributed by atoms with Gasteiger partial charge in [-0.3, -0.25) is 9.59 Å². The molecular weight excluding hydrogens is 268 g/mol. The van der Waals surface area contributed by atoms with Gasteiger partial charge in [-0.1, -0.05) is 51.1 Å². The molecule has 1 unspecified atom stereocenters. The van der Waals surface area contributed by atoms with Crippen molar-refractivity contribution in [3.63, 3.8) is 0 Å². The van der Waals surface area contributed by atoms with Gasteiger partial charge in [-0.2, -0.15) is 0 Å². The van der Waals surface area contributed by atoms with E-state index < -0.39 is 6.04 Å². The van der Waals surface area contributed by atoms with Crippen molar-refractivity contribution in [2.75, 3.05) is 13.2 Å². The monoisotopic (exact) mass is 292 g/mol. The molecule has 0 saturated carbocycles. The molecule has 5 nitrogen and oxygen atoms in total. The quantitative estimate of drug-likeness (QED) is 0.741. The van der Waals surface area contributed by atoms with Gasteiger partial charge in [0.05, 0.1) is 19.2 Å². The molecule has 0 aromatic heterocycles. The lowest BCUT2D eigenvalue weighted by Crippen LogP contribution is -2.40. The van der Waals surface area contributed by atoms with Crippen LogP contribution in [-0.2, 0) is 9.59 Å². The van der Waals surface area contributed by atoms with E-state index in [9.17, 15) is 14.7 Å². The highest BCUT2D eigenvalue weighted by atomic mass is 16.3. The Hall–Kier alpha value is -1.88. The maximum Gasteiger partial charge on any atom is 0.239 e. The van der Waals surface area contributed by atoms with Crippen molar-refractivity contribution in [2.24, 2.45) is 5.41 Å². The first-order valence-corrected chi connectivity index (χ1v) is 7.03. The Kier molecular flexibility index (Phi) is 6.37. The van der Waals surface area contributed by atoms with Crippen molar-refractivity contribution in [1.29, 1.82) is 0 Å². The summed E-state index contributed by atoms with van der Waals surface area (Å²) in [6, 6.07) is 8.76. The second-order valence-corrected chi connectivity index (χ2v) is 6.23. The minimum atomic E-state index is -0.460. The van der Waals surface area contributed by atoms with Gasteiger partial charge in [-0.05, 0) is 11.0 Å². The van der Waals surface area contributed by atoms with Gasteiger partial charge in [0.2, 0.25) is 11.8 Å². The molecule has 0 aliphatic carbocycles. The van der Waals surface area contributed by atoms with Gasteiger partial charge in [0, 0.05) is 6.42 Å². The molecule has 1 aromatic rings. The summed E-state index contributed by atoms with van der Waals surface area (Å²) in [5.41, 5.74) is 0.715. The van der Waals surface area contributed by atoms with E-state index in [0.717, 1.165) is 5.56 Å². The van der Waals surface area contributed by atoms with Gasteiger partial charge in [0.1, 0.15) is 0 Å². The van der Waals surface area contributed by atoms with E-state index in [4.69, 9.17) is 0 Å². The van der Waals surface area contributed by atoms with E-state index in [2.05, 4.69) is 10.6 Å². The number of carbonyl (C=O) groups is 2. The van der Waals surface area contributed by atoms with Crippen molar-refractivity contribution in [1.82, 2.24) is 10.6 Å². The van der Waals surface area contributed by atoms with Crippen LogP contribution >= 0.6 is 0 Å². The summed E-state index contributed by atoms with van der Waals surface area (Å²) in [5, 5.41) is 14.6. The first kappa shape index (κ1) is 17.2.